The maximum Gasteiger partial charge on any atom is 0.337 e. The van der Waals surface area contributed by atoms with E-state index in [0.717, 1.165) is 11.3 Å². The lowest BCUT2D eigenvalue weighted by molar-refractivity contribution is 0.0696. The molecule has 2 heterocycles. The molecule has 0 saturated heterocycles. The molecule has 0 fully saturated rings. The minimum atomic E-state index is -0.995. The summed E-state index contributed by atoms with van der Waals surface area (Å²) in [6, 6.07) is 10.8. The molecule has 0 bridgehead atoms. The topological polar surface area (TPSA) is 76.7 Å². The summed E-state index contributed by atoms with van der Waals surface area (Å²) >= 11 is 0. The van der Waals surface area contributed by atoms with Crippen LogP contribution >= 0.6 is 0 Å². The number of carboxylic acid groups (broad SMARTS) is 1. The lowest BCUT2D eigenvalue weighted by atomic mass is 10.2. The van der Waals surface area contributed by atoms with E-state index < -0.39 is 5.97 Å². The van der Waals surface area contributed by atoms with Gasteiger partial charge in [-0.3, -0.25) is 0 Å². The van der Waals surface area contributed by atoms with E-state index in [0.29, 0.717) is 11.5 Å². The molecular formula is C15H13N3O3. The summed E-state index contributed by atoms with van der Waals surface area (Å²) in [4.78, 5) is 15.2. The van der Waals surface area contributed by atoms with Crippen molar-refractivity contribution in [2.45, 2.75) is 13.5 Å². The number of hydrogen-bond acceptors (Lipinski definition) is 4. The van der Waals surface area contributed by atoms with Crippen molar-refractivity contribution in [1.82, 2.24) is 14.6 Å². The fourth-order valence-electron chi connectivity index (χ4n) is 1.97. The Bertz CT molecular complexity index is 811. The van der Waals surface area contributed by atoms with Gasteiger partial charge < -0.3 is 9.84 Å². The molecule has 0 aliphatic heterocycles. The van der Waals surface area contributed by atoms with Gasteiger partial charge in [-0.15, -0.1) is 5.10 Å². The second-order valence-corrected chi connectivity index (χ2v) is 4.66. The lowest BCUT2D eigenvalue weighted by Crippen LogP contribution is -2.00. The molecule has 1 aromatic carbocycles. The maximum atomic E-state index is 10.9. The summed E-state index contributed by atoms with van der Waals surface area (Å²) < 4.78 is 7.07. The van der Waals surface area contributed by atoms with Crippen molar-refractivity contribution in [3.8, 4) is 5.75 Å². The highest BCUT2D eigenvalue weighted by Crippen LogP contribution is 2.14. The Morgan fingerprint density at radius 1 is 1.33 bits per heavy atom. The van der Waals surface area contributed by atoms with Gasteiger partial charge in [-0.1, -0.05) is 12.1 Å². The Morgan fingerprint density at radius 3 is 2.95 bits per heavy atom. The first-order valence-electron chi connectivity index (χ1n) is 6.40. The molecule has 0 atom stereocenters. The fraction of sp³-hybridized carbons (Fsp3) is 0.133. The van der Waals surface area contributed by atoms with Crippen LogP contribution in [-0.4, -0.2) is 25.7 Å². The van der Waals surface area contributed by atoms with Crippen LogP contribution in [0.1, 0.15) is 21.7 Å². The summed E-state index contributed by atoms with van der Waals surface area (Å²) in [5.74, 6) is 0.254. The summed E-state index contributed by atoms with van der Waals surface area (Å²) in [6.45, 7) is 2.22. The first-order valence-corrected chi connectivity index (χ1v) is 6.40. The van der Waals surface area contributed by atoms with Crippen LogP contribution in [0.25, 0.3) is 5.65 Å². The van der Waals surface area contributed by atoms with E-state index in [1.54, 1.807) is 6.07 Å². The Labute approximate surface area is 120 Å². The Hall–Kier alpha value is -2.89. The lowest BCUT2D eigenvalue weighted by Gasteiger charge is -2.03. The highest BCUT2D eigenvalue weighted by molar-refractivity contribution is 5.87. The predicted octanol–water partition coefficient (Wildman–Crippen LogP) is 2.31. The van der Waals surface area contributed by atoms with Gasteiger partial charge in [0.1, 0.15) is 12.4 Å². The molecule has 0 radical (unpaired) electrons. The smallest absolute Gasteiger partial charge is 0.337 e. The number of fused-ring (bicyclic) bond motifs is 1. The van der Waals surface area contributed by atoms with Gasteiger partial charge in [0.05, 0.1) is 5.56 Å². The summed E-state index contributed by atoms with van der Waals surface area (Å²) in [5.41, 5.74) is 1.86. The standard InChI is InChI=1S/C15H13N3O3/c1-10-3-2-4-12(7-10)21-9-13-16-14-6-5-11(15(19)20)8-18(14)17-13/h2-8H,9H2,1H3,(H,19,20). The predicted molar refractivity (Wildman–Crippen MR) is 75.5 cm³/mol. The summed E-state index contributed by atoms with van der Waals surface area (Å²) in [7, 11) is 0. The van der Waals surface area contributed by atoms with Crippen molar-refractivity contribution in [1.29, 1.82) is 0 Å². The molecule has 6 heteroatoms. The number of ether oxygens (including phenoxy) is 1. The van der Waals surface area contributed by atoms with Gasteiger partial charge in [0.2, 0.25) is 0 Å². The number of aryl methyl sites for hydroxylation is 1. The SMILES string of the molecule is Cc1cccc(OCc2nc3ccc(C(=O)O)cn3n2)c1. The molecule has 0 unspecified atom stereocenters. The number of carboxylic acids is 1. The van der Waals surface area contributed by atoms with Crippen LogP contribution in [0.15, 0.2) is 42.6 Å². The van der Waals surface area contributed by atoms with Crippen molar-refractivity contribution in [3.63, 3.8) is 0 Å². The van der Waals surface area contributed by atoms with E-state index >= 15 is 0 Å². The molecule has 0 aliphatic carbocycles. The van der Waals surface area contributed by atoms with Gasteiger partial charge in [0.15, 0.2) is 11.5 Å². The number of nitrogens with zero attached hydrogens (tertiary/aromatic N) is 3. The van der Waals surface area contributed by atoms with Gasteiger partial charge in [-0.2, -0.15) is 0 Å². The van der Waals surface area contributed by atoms with Crippen molar-refractivity contribution >= 4 is 11.6 Å². The van der Waals surface area contributed by atoms with Gasteiger partial charge >= 0.3 is 5.97 Å². The molecule has 106 valence electrons. The summed E-state index contributed by atoms with van der Waals surface area (Å²) in [6.07, 6.45) is 1.43. The van der Waals surface area contributed by atoms with E-state index in [4.69, 9.17) is 9.84 Å². The zero-order chi connectivity index (χ0) is 14.8. The van der Waals surface area contributed by atoms with Crippen LogP contribution in [0.3, 0.4) is 0 Å². The second-order valence-electron chi connectivity index (χ2n) is 4.66. The van der Waals surface area contributed by atoms with Gasteiger partial charge in [-0.05, 0) is 36.8 Å². The average molecular weight is 283 g/mol. The quantitative estimate of drug-likeness (QED) is 0.795. The van der Waals surface area contributed by atoms with Crippen molar-refractivity contribution < 1.29 is 14.6 Å². The molecule has 0 saturated carbocycles. The largest absolute Gasteiger partial charge is 0.486 e. The van der Waals surface area contributed by atoms with Crippen LogP contribution in [-0.2, 0) is 6.61 Å². The normalized spacial score (nSPS) is 10.7. The van der Waals surface area contributed by atoms with Gasteiger partial charge in [0, 0.05) is 6.20 Å². The van der Waals surface area contributed by atoms with Crippen LogP contribution in [0.4, 0.5) is 0 Å². The minimum Gasteiger partial charge on any atom is -0.486 e. The molecular weight excluding hydrogens is 270 g/mol. The third-order valence-corrected chi connectivity index (χ3v) is 2.98. The van der Waals surface area contributed by atoms with E-state index in [9.17, 15) is 4.79 Å². The number of pyridine rings is 1. The summed E-state index contributed by atoms with van der Waals surface area (Å²) in [5, 5.41) is 13.2. The highest BCUT2D eigenvalue weighted by atomic mass is 16.5. The molecule has 0 amide bonds. The highest BCUT2D eigenvalue weighted by Gasteiger charge is 2.08. The van der Waals surface area contributed by atoms with Crippen molar-refractivity contribution in [2.24, 2.45) is 0 Å². The molecule has 1 N–H and O–H groups in total. The van der Waals surface area contributed by atoms with E-state index in [-0.39, 0.29) is 12.2 Å². The molecule has 3 aromatic rings. The van der Waals surface area contributed by atoms with Gasteiger partial charge in [0.25, 0.3) is 0 Å². The third kappa shape index (κ3) is 2.84. The Morgan fingerprint density at radius 2 is 2.19 bits per heavy atom. The van der Waals surface area contributed by atoms with E-state index in [1.807, 2.05) is 31.2 Å². The molecule has 0 spiro atoms. The number of carbonyl (C=O) groups is 1. The second kappa shape index (κ2) is 5.24. The van der Waals surface area contributed by atoms with Crippen LogP contribution < -0.4 is 4.74 Å². The number of hydrogen-bond donors (Lipinski definition) is 1. The van der Waals surface area contributed by atoms with Gasteiger partial charge in [-0.25, -0.2) is 14.3 Å². The first kappa shape index (κ1) is 13.1. The van der Waals surface area contributed by atoms with Crippen molar-refractivity contribution in [2.75, 3.05) is 0 Å². The minimum absolute atomic E-state index is 0.165. The maximum absolute atomic E-state index is 10.9. The van der Waals surface area contributed by atoms with E-state index in [1.165, 1.54) is 16.8 Å². The number of aromatic nitrogens is 3. The zero-order valence-corrected chi connectivity index (χ0v) is 11.4. The molecule has 6 nitrogen and oxygen atoms in total. The molecule has 0 aliphatic rings. The number of aromatic carboxylic acids is 1. The number of benzene rings is 1. The zero-order valence-electron chi connectivity index (χ0n) is 11.4. The Kier molecular flexibility index (Phi) is 3.27. The third-order valence-electron chi connectivity index (χ3n) is 2.98. The van der Waals surface area contributed by atoms with Crippen molar-refractivity contribution in [3.05, 3.63) is 59.5 Å². The molecule has 21 heavy (non-hydrogen) atoms. The average Bonchev–Trinajstić information content (AvgIpc) is 2.87. The number of rotatable bonds is 4. The van der Waals surface area contributed by atoms with E-state index in [2.05, 4.69) is 10.1 Å². The first-order chi connectivity index (χ1) is 10.1. The Balaban J connectivity index is 1.80. The van der Waals surface area contributed by atoms with Crippen LogP contribution in [0.2, 0.25) is 0 Å². The molecule has 2 aromatic heterocycles. The van der Waals surface area contributed by atoms with Crippen LogP contribution in [0.5, 0.6) is 5.75 Å². The monoisotopic (exact) mass is 283 g/mol. The fourth-order valence-corrected chi connectivity index (χ4v) is 1.97. The molecule has 3 rings (SSSR count). The van der Waals surface area contributed by atoms with Crippen LogP contribution in [0, 0.1) is 6.92 Å².